The third kappa shape index (κ3) is 5.68. The highest BCUT2D eigenvalue weighted by Crippen LogP contribution is 2.28. The van der Waals surface area contributed by atoms with Gasteiger partial charge in [-0.25, -0.2) is 4.98 Å². The van der Waals surface area contributed by atoms with Crippen molar-refractivity contribution < 1.29 is 9.21 Å². The van der Waals surface area contributed by atoms with Gasteiger partial charge in [-0.05, 0) is 25.5 Å². The molecule has 0 aliphatic carbocycles. The van der Waals surface area contributed by atoms with Crippen molar-refractivity contribution in [2.75, 3.05) is 0 Å². The van der Waals surface area contributed by atoms with Crippen molar-refractivity contribution in [1.29, 1.82) is 0 Å². The van der Waals surface area contributed by atoms with Crippen LogP contribution in [0.5, 0.6) is 0 Å². The lowest BCUT2D eigenvalue weighted by Gasteiger charge is -2.13. The Balaban J connectivity index is 1.81. The molecule has 0 saturated heterocycles. The minimum Gasteiger partial charge on any atom is -0.441 e. The summed E-state index contributed by atoms with van der Waals surface area (Å²) < 4.78 is 5.71. The quantitative estimate of drug-likeness (QED) is 0.648. The number of oxazole rings is 1. The molecule has 0 aliphatic heterocycles. The van der Waals surface area contributed by atoms with Crippen molar-refractivity contribution in [2.24, 2.45) is 0 Å². The first kappa shape index (κ1) is 18.5. The van der Waals surface area contributed by atoms with E-state index in [2.05, 4.69) is 17.2 Å². The van der Waals surface area contributed by atoms with E-state index in [0.29, 0.717) is 29.5 Å². The highest BCUT2D eigenvalue weighted by atomic mass is 35.5. The van der Waals surface area contributed by atoms with Gasteiger partial charge >= 0.3 is 0 Å². The molecule has 1 N–H and O–H groups in total. The van der Waals surface area contributed by atoms with Crippen LogP contribution in [0.15, 0.2) is 34.9 Å². The normalized spacial score (nSPS) is 12.1. The second-order valence-electron chi connectivity index (χ2n) is 6.06. The number of rotatable bonds is 9. The highest BCUT2D eigenvalue weighted by Gasteiger charge is 2.12. The molecule has 0 aliphatic rings. The summed E-state index contributed by atoms with van der Waals surface area (Å²) >= 11 is 6.15. The Hall–Kier alpha value is -1.81. The van der Waals surface area contributed by atoms with Gasteiger partial charge in [0.15, 0.2) is 11.7 Å². The van der Waals surface area contributed by atoms with Gasteiger partial charge in [0.05, 0.1) is 11.2 Å². The number of hydrogen-bond acceptors (Lipinski definition) is 3. The third-order valence-corrected chi connectivity index (χ3v) is 4.24. The number of hydrogen-bond donors (Lipinski definition) is 1. The predicted octanol–water partition coefficient (Wildman–Crippen LogP) is 5.01. The molecule has 1 heterocycles. The average molecular weight is 349 g/mol. The minimum atomic E-state index is 0.0384. The van der Waals surface area contributed by atoms with Crippen LogP contribution < -0.4 is 5.32 Å². The van der Waals surface area contributed by atoms with E-state index in [-0.39, 0.29) is 11.9 Å². The van der Waals surface area contributed by atoms with E-state index >= 15 is 0 Å². The first-order chi connectivity index (χ1) is 11.6. The molecule has 0 saturated carbocycles. The van der Waals surface area contributed by atoms with E-state index in [1.165, 1.54) is 12.8 Å². The first-order valence-corrected chi connectivity index (χ1v) is 8.97. The van der Waals surface area contributed by atoms with E-state index < -0.39 is 0 Å². The number of aryl methyl sites for hydroxylation is 1. The number of nitrogens with one attached hydrogen (secondary N) is 1. The van der Waals surface area contributed by atoms with Gasteiger partial charge in [0.25, 0.3) is 0 Å². The van der Waals surface area contributed by atoms with Crippen molar-refractivity contribution in [3.8, 4) is 11.3 Å². The zero-order valence-corrected chi connectivity index (χ0v) is 15.1. The SMILES string of the molecule is CCCCCC(C)NC(=O)CCc1ncc(-c2ccccc2Cl)o1. The maximum atomic E-state index is 12.0. The van der Waals surface area contributed by atoms with Crippen molar-refractivity contribution >= 4 is 17.5 Å². The van der Waals surface area contributed by atoms with Crippen LogP contribution in [0, 0.1) is 0 Å². The van der Waals surface area contributed by atoms with Crippen molar-refractivity contribution in [3.05, 3.63) is 41.4 Å². The van der Waals surface area contributed by atoms with Crippen molar-refractivity contribution in [2.45, 2.75) is 58.4 Å². The molecule has 5 heteroatoms. The van der Waals surface area contributed by atoms with Crippen LogP contribution in [-0.2, 0) is 11.2 Å². The second kappa shape index (κ2) is 9.48. The van der Waals surface area contributed by atoms with Gasteiger partial charge in [0.1, 0.15) is 0 Å². The summed E-state index contributed by atoms with van der Waals surface area (Å²) in [6.07, 6.45) is 7.09. The van der Waals surface area contributed by atoms with Crippen LogP contribution in [0.2, 0.25) is 5.02 Å². The molecule has 130 valence electrons. The number of carbonyl (C=O) groups excluding carboxylic acids is 1. The number of halogens is 1. The van der Waals surface area contributed by atoms with Crippen molar-refractivity contribution in [1.82, 2.24) is 10.3 Å². The Kier molecular flexibility index (Phi) is 7.32. The van der Waals surface area contributed by atoms with Gasteiger partial charge in [-0.1, -0.05) is 49.9 Å². The standard InChI is InChI=1S/C19H25ClN2O2/c1-3-4-5-8-14(2)22-18(23)11-12-19-21-13-17(24-19)15-9-6-7-10-16(15)20/h6-7,9-10,13-14H,3-5,8,11-12H2,1-2H3,(H,22,23). The molecular formula is C19H25ClN2O2. The van der Waals surface area contributed by atoms with Crippen LogP contribution in [-0.4, -0.2) is 16.9 Å². The van der Waals surface area contributed by atoms with E-state index in [9.17, 15) is 4.79 Å². The van der Waals surface area contributed by atoms with Gasteiger partial charge in [0.2, 0.25) is 5.91 Å². The number of aromatic nitrogens is 1. The lowest BCUT2D eigenvalue weighted by molar-refractivity contribution is -0.121. The third-order valence-electron chi connectivity index (χ3n) is 3.91. The van der Waals surface area contributed by atoms with Crippen LogP contribution >= 0.6 is 11.6 Å². The lowest BCUT2D eigenvalue weighted by Crippen LogP contribution is -2.32. The fraction of sp³-hybridized carbons (Fsp3) is 0.474. The Labute approximate surface area is 148 Å². The fourth-order valence-electron chi connectivity index (χ4n) is 2.55. The average Bonchev–Trinajstić information content (AvgIpc) is 3.02. The molecule has 2 rings (SSSR count). The Bertz CT molecular complexity index is 654. The van der Waals surface area contributed by atoms with E-state index in [4.69, 9.17) is 16.0 Å². The fourth-order valence-corrected chi connectivity index (χ4v) is 2.78. The number of amides is 1. The topological polar surface area (TPSA) is 55.1 Å². The number of nitrogens with zero attached hydrogens (tertiary/aromatic N) is 1. The molecule has 0 radical (unpaired) electrons. The molecule has 24 heavy (non-hydrogen) atoms. The van der Waals surface area contributed by atoms with Gasteiger partial charge in [-0.2, -0.15) is 0 Å². The smallest absolute Gasteiger partial charge is 0.220 e. The molecule has 0 fully saturated rings. The Morgan fingerprint density at radius 3 is 2.88 bits per heavy atom. The van der Waals surface area contributed by atoms with Gasteiger partial charge < -0.3 is 9.73 Å². The first-order valence-electron chi connectivity index (χ1n) is 8.59. The summed E-state index contributed by atoms with van der Waals surface area (Å²) in [4.78, 5) is 16.2. The summed E-state index contributed by atoms with van der Waals surface area (Å²) in [5, 5.41) is 3.65. The lowest BCUT2D eigenvalue weighted by atomic mass is 10.1. The van der Waals surface area contributed by atoms with E-state index in [0.717, 1.165) is 18.4 Å². The van der Waals surface area contributed by atoms with Crippen LogP contribution in [0.1, 0.15) is 51.8 Å². The summed E-state index contributed by atoms with van der Waals surface area (Å²) in [5.41, 5.74) is 0.812. The van der Waals surface area contributed by atoms with Gasteiger partial charge in [-0.3, -0.25) is 4.79 Å². The number of benzene rings is 1. The van der Waals surface area contributed by atoms with E-state index in [1.54, 1.807) is 6.20 Å². The van der Waals surface area contributed by atoms with Crippen LogP contribution in [0.4, 0.5) is 0 Å². The van der Waals surface area contributed by atoms with Gasteiger partial charge in [-0.15, -0.1) is 0 Å². The molecule has 1 aromatic heterocycles. The molecule has 1 atom stereocenters. The highest BCUT2D eigenvalue weighted by molar-refractivity contribution is 6.33. The zero-order chi connectivity index (χ0) is 17.4. The summed E-state index contributed by atoms with van der Waals surface area (Å²) in [7, 11) is 0. The minimum absolute atomic E-state index is 0.0384. The molecule has 0 bridgehead atoms. The Morgan fingerprint density at radius 1 is 1.33 bits per heavy atom. The summed E-state index contributed by atoms with van der Waals surface area (Å²) in [5.74, 6) is 1.22. The molecule has 1 unspecified atom stereocenters. The number of unbranched alkanes of at least 4 members (excludes halogenated alkanes) is 2. The number of carbonyl (C=O) groups is 1. The van der Waals surface area contributed by atoms with Gasteiger partial charge in [0, 0.05) is 24.4 Å². The predicted molar refractivity (Wildman–Crippen MR) is 97.0 cm³/mol. The molecule has 2 aromatic rings. The zero-order valence-electron chi connectivity index (χ0n) is 14.3. The second-order valence-corrected chi connectivity index (χ2v) is 6.47. The summed E-state index contributed by atoms with van der Waals surface area (Å²) in [6, 6.07) is 7.68. The molecule has 1 amide bonds. The molecule has 1 aromatic carbocycles. The van der Waals surface area contributed by atoms with Crippen molar-refractivity contribution in [3.63, 3.8) is 0 Å². The summed E-state index contributed by atoms with van der Waals surface area (Å²) in [6.45, 7) is 4.23. The molecule has 0 spiro atoms. The molecule has 4 nitrogen and oxygen atoms in total. The van der Waals surface area contributed by atoms with E-state index in [1.807, 2.05) is 31.2 Å². The molecular weight excluding hydrogens is 324 g/mol. The Morgan fingerprint density at radius 2 is 2.12 bits per heavy atom. The van der Waals surface area contributed by atoms with Crippen LogP contribution in [0.25, 0.3) is 11.3 Å². The van der Waals surface area contributed by atoms with Crippen LogP contribution in [0.3, 0.4) is 0 Å². The largest absolute Gasteiger partial charge is 0.441 e. The maximum absolute atomic E-state index is 12.0. The monoisotopic (exact) mass is 348 g/mol. The maximum Gasteiger partial charge on any atom is 0.220 e.